The van der Waals surface area contributed by atoms with E-state index >= 15 is 0 Å². The summed E-state index contributed by atoms with van der Waals surface area (Å²) in [5.74, 6) is 1.57. The van der Waals surface area contributed by atoms with Gasteiger partial charge in [-0.25, -0.2) is 15.0 Å². The highest BCUT2D eigenvalue weighted by Crippen LogP contribution is 2.33. The van der Waals surface area contributed by atoms with Crippen LogP contribution in [0.1, 0.15) is 17.9 Å². The fraction of sp³-hybridized carbons (Fsp3) is 0.0606. The molecule has 0 saturated heterocycles. The first-order valence-corrected chi connectivity index (χ1v) is 12.5. The Morgan fingerprint density at radius 1 is 0.579 bits per heavy atom. The van der Waals surface area contributed by atoms with Crippen LogP contribution in [-0.4, -0.2) is 25.2 Å². The third-order valence-electron chi connectivity index (χ3n) is 6.69. The van der Waals surface area contributed by atoms with Gasteiger partial charge < -0.3 is 10.2 Å². The van der Waals surface area contributed by atoms with Gasteiger partial charge in [0, 0.05) is 23.1 Å². The second kappa shape index (κ2) is 10.1. The van der Waals surface area contributed by atoms with Gasteiger partial charge in [-0.2, -0.15) is 0 Å². The van der Waals surface area contributed by atoms with Crippen LogP contribution >= 0.6 is 0 Å². The molecule has 1 heterocycles. The highest BCUT2D eigenvalue weighted by molar-refractivity contribution is 5.72. The summed E-state index contributed by atoms with van der Waals surface area (Å²) in [5.41, 5.74) is 5.58. The minimum absolute atomic E-state index is 0.0283. The number of phenolic OH excluding ortho intramolecular Hbond substituents is 2. The van der Waals surface area contributed by atoms with Crippen LogP contribution in [0.15, 0.2) is 121 Å². The van der Waals surface area contributed by atoms with E-state index < -0.39 is 0 Å². The van der Waals surface area contributed by atoms with Crippen molar-refractivity contribution < 1.29 is 10.2 Å². The summed E-state index contributed by atoms with van der Waals surface area (Å²) in [6.07, 6.45) is 9.52. The molecule has 1 unspecified atom stereocenters. The number of aromatic nitrogens is 3. The molecule has 0 radical (unpaired) electrons. The van der Waals surface area contributed by atoms with Crippen molar-refractivity contribution in [3.8, 4) is 56.8 Å². The van der Waals surface area contributed by atoms with E-state index in [1.807, 2.05) is 54.6 Å². The van der Waals surface area contributed by atoms with Crippen LogP contribution in [0.25, 0.3) is 45.3 Å². The van der Waals surface area contributed by atoms with E-state index in [-0.39, 0.29) is 11.5 Å². The normalized spacial score (nSPS) is 14.5. The fourth-order valence-corrected chi connectivity index (χ4v) is 4.61. The third-order valence-corrected chi connectivity index (χ3v) is 6.69. The lowest BCUT2D eigenvalue weighted by Crippen LogP contribution is -2.01. The molecule has 0 saturated carbocycles. The summed E-state index contributed by atoms with van der Waals surface area (Å²) in [6, 6.07) is 30.9. The van der Waals surface area contributed by atoms with Crippen LogP contribution in [-0.2, 0) is 0 Å². The van der Waals surface area contributed by atoms with E-state index in [0.717, 1.165) is 28.7 Å². The Morgan fingerprint density at radius 2 is 1.18 bits per heavy atom. The predicted molar refractivity (Wildman–Crippen MR) is 151 cm³/mol. The van der Waals surface area contributed by atoms with Crippen LogP contribution in [0.4, 0.5) is 0 Å². The number of hydrogen-bond acceptors (Lipinski definition) is 5. The zero-order valence-corrected chi connectivity index (χ0v) is 20.6. The molecule has 2 N–H and O–H groups in total. The van der Waals surface area contributed by atoms with Crippen molar-refractivity contribution in [1.29, 1.82) is 0 Å². The van der Waals surface area contributed by atoms with Crippen molar-refractivity contribution in [3.05, 3.63) is 127 Å². The lowest BCUT2D eigenvalue weighted by molar-refractivity contribution is 0.451. The lowest BCUT2D eigenvalue weighted by atomic mass is 9.92. The SMILES string of the molecule is Oc1ccc(-c2nc(-c3ccc(-c4ccccc4)cc3)nc(-c3ccc(C4C=CC=CC4)cc3)n2)c(O)c1. The lowest BCUT2D eigenvalue weighted by Gasteiger charge is -2.14. The predicted octanol–water partition coefficient (Wildman–Crippen LogP) is 7.55. The van der Waals surface area contributed by atoms with Gasteiger partial charge in [0.15, 0.2) is 17.5 Å². The van der Waals surface area contributed by atoms with Crippen LogP contribution in [0, 0.1) is 0 Å². The molecule has 5 aromatic rings. The van der Waals surface area contributed by atoms with E-state index in [4.69, 9.17) is 15.0 Å². The quantitative estimate of drug-likeness (QED) is 0.263. The number of allylic oxidation sites excluding steroid dienone is 4. The summed E-state index contributed by atoms with van der Waals surface area (Å²) in [6.45, 7) is 0. The van der Waals surface area contributed by atoms with Gasteiger partial charge >= 0.3 is 0 Å². The monoisotopic (exact) mass is 495 g/mol. The van der Waals surface area contributed by atoms with Gasteiger partial charge in [0.2, 0.25) is 0 Å². The van der Waals surface area contributed by atoms with E-state index in [1.165, 1.54) is 17.7 Å². The highest BCUT2D eigenvalue weighted by atomic mass is 16.3. The summed E-state index contributed by atoms with van der Waals surface area (Å²) in [5, 5.41) is 20.3. The molecule has 5 heteroatoms. The van der Waals surface area contributed by atoms with Crippen molar-refractivity contribution >= 4 is 0 Å². The van der Waals surface area contributed by atoms with Crippen molar-refractivity contribution in [2.75, 3.05) is 0 Å². The minimum Gasteiger partial charge on any atom is -0.508 e. The largest absolute Gasteiger partial charge is 0.508 e. The molecular weight excluding hydrogens is 470 g/mol. The van der Waals surface area contributed by atoms with E-state index in [1.54, 1.807) is 6.07 Å². The summed E-state index contributed by atoms with van der Waals surface area (Å²) in [7, 11) is 0. The first-order chi connectivity index (χ1) is 18.6. The van der Waals surface area contributed by atoms with Crippen molar-refractivity contribution in [1.82, 2.24) is 15.0 Å². The summed E-state index contributed by atoms with van der Waals surface area (Å²) in [4.78, 5) is 14.2. The molecule has 4 aromatic carbocycles. The smallest absolute Gasteiger partial charge is 0.167 e. The number of nitrogens with zero attached hydrogens (tertiary/aromatic N) is 3. The average molecular weight is 496 g/mol. The zero-order valence-electron chi connectivity index (χ0n) is 20.6. The molecule has 1 aliphatic rings. The van der Waals surface area contributed by atoms with Crippen LogP contribution in [0.5, 0.6) is 11.5 Å². The van der Waals surface area contributed by atoms with E-state index in [9.17, 15) is 10.2 Å². The minimum atomic E-state index is -0.0972. The molecule has 0 amide bonds. The molecule has 1 aromatic heterocycles. The molecule has 184 valence electrons. The Bertz CT molecular complexity index is 1640. The van der Waals surface area contributed by atoms with Crippen LogP contribution in [0.3, 0.4) is 0 Å². The fourth-order valence-electron chi connectivity index (χ4n) is 4.61. The molecular formula is C33H25N3O2. The maximum atomic E-state index is 10.5. The second-order valence-corrected chi connectivity index (χ2v) is 9.23. The molecule has 1 aliphatic carbocycles. The molecule has 38 heavy (non-hydrogen) atoms. The van der Waals surface area contributed by atoms with Gasteiger partial charge in [0.1, 0.15) is 11.5 Å². The van der Waals surface area contributed by atoms with Gasteiger partial charge in [-0.1, -0.05) is 103 Å². The molecule has 0 fully saturated rings. The average Bonchev–Trinajstić information content (AvgIpc) is 2.98. The van der Waals surface area contributed by atoms with Gasteiger partial charge in [-0.05, 0) is 35.2 Å². The Morgan fingerprint density at radius 3 is 1.82 bits per heavy atom. The molecule has 0 aliphatic heterocycles. The number of rotatable bonds is 5. The molecule has 5 nitrogen and oxygen atoms in total. The highest BCUT2D eigenvalue weighted by Gasteiger charge is 2.16. The summed E-state index contributed by atoms with van der Waals surface area (Å²) < 4.78 is 0. The van der Waals surface area contributed by atoms with Gasteiger partial charge in [0.05, 0.1) is 5.56 Å². The standard InChI is InChI=1S/C33H25N3O2/c37-28-19-20-29(30(38)21-28)33-35-31(26-15-11-24(12-16-26)22-7-3-1-4-8-22)34-32(36-33)27-17-13-25(14-18-27)23-9-5-2-6-10-23/h1-9,11-21,23,37-38H,10H2. The first-order valence-electron chi connectivity index (χ1n) is 12.5. The number of aromatic hydroxyl groups is 2. The van der Waals surface area contributed by atoms with Gasteiger partial charge in [-0.15, -0.1) is 0 Å². The Balaban J connectivity index is 1.42. The van der Waals surface area contributed by atoms with Crippen LogP contribution < -0.4 is 0 Å². The first kappa shape index (κ1) is 23.4. The number of hydrogen-bond donors (Lipinski definition) is 2. The molecule has 0 spiro atoms. The van der Waals surface area contributed by atoms with Gasteiger partial charge in [0.25, 0.3) is 0 Å². The van der Waals surface area contributed by atoms with Crippen molar-refractivity contribution in [3.63, 3.8) is 0 Å². The van der Waals surface area contributed by atoms with Crippen molar-refractivity contribution in [2.45, 2.75) is 12.3 Å². The molecule has 0 bridgehead atoms. The Hall–Kier alpha value is -5.03. The Labute approximate surface area is 221 Å². The number of phenols is 2. The third kappa shape index (κ3) is 4.82. The molecule has 1 atom stereocenters. The molecule has 6 rings (SSSR count). The van der Waals surface area contributed by atoms with Crippen molar-refractivity contribution in [2.24, 2.45) is 0 Å². The second-order valence-electron chi connectivity index (χ2n) is 9.23. The number of benzene rings is 4. The maximum Gasteiger partial charge on any atom is 0.167 e. The summed E-state index contributed by atoms with van der Waals surface area (Å²) >= 11 is 0. The van der Waals surface area contributed by atoms with Crippen LogP contribution in [0.2, 0.25) is 0 Å². The maximum absolute atomic E-state index is 10.5. The topological polar surface area (TPSA) is 79.1 Å². The zero-order chi connectivity index (χ0) is 25.9. The van der Waals surface area contributed by atoms with E-state index in [0.29, 0.717) is 29.0 Å². The van der Waals surface area contributed by atoms with Gasteiger partial charge in [-0.3, -0.25) is 0 Å². The Kier molecular flexibility index (Phi) is 6.24. The van der Waals surface area contributed by atoms with E-state index in [2.05, 4.69) is 48.6 Å².